The third-order valence-electron chi connectivity index (χ3n) is 3.71. The van der Waals surface area contributed by atoms with Crippen LogP contribution in [0.1, 0.15) is 11.1 Å². The number of benzene rings is 3. The van der Waals surface area contributed by atoms with Gasteiger partial charge in [0.05, 0.1) is 10.6 Å². The highest BCUT2D eigenvalue weighted by Gasteiger charge is 2.31. The number of aliphatic imine (C=N–C) groups is 1. The zero-order valence-electron chi connectivity index (χ0n) is 14.3. The number of nitrogens with zero attached hydrogens (tertiary/aromatic N) is 1. The first kappa shape index (κ1) is 21.0. The number of phenols is 1. The largest absolute Gasteiger partial charge is 0.506 e. The Morgan fingerprint density at radius 1 is 1.00 bits per heavy atom. The SMILES string of the molecule is Oc1c(Cl)cc(Cl)cc1C=Nc1cc(C(F)(F)F)ccc1Oc1cccc(F)c1. The van der Waals surface area contributed by atoms with E-state index in [2.05, 4.69) is 4.99 Å². The summed E-state index contributed by atoms with van der Waals surface area (Å²) < 4.78 is 58.1. The van der Waals surface area contributed by atoms with Crippen molar-refractivity contribution < 1.29 is 27.4 Å². The van der Waals surface area contributed by atoms with E-state index in [1.54, 1.807) is 0 Å². The number of alkyl halides is 3. The van der Waals surface area contributed by atoms with Crippen LogP contribution in [0.2, 0.25) is 10.0 Å². The third-order valence-corrected chi connectivity index (χ3v) is 4.22. The number of phenolic OH excluding ortho intramolecular Hbond substituents is 1. The van der Waals surface area contributed by atoms with Crippen molar-refractivity contribution in [2.75, 3.05) is 0 Å². The van der Waals surface area contributed by atoms with Gasteiger partial charge in [0.25, 0.3) is 0 Å². The van der Waals surface area contributed by atoms with Gasteiger partial charge in [-0.25, -0.2) is 4.39 Å². The summed E-state index contributed by atoms with van der Waals surface area (Å²) in [6.45, 7) is 0. The van der Waals surface area contributed by atoms with E-state index >= 15 is 0 Å². The molecule has 0 atom stereocenters. The van der Waals surface area contributed by atoms with E-state index in [0.717, 1.165) is 30.5 Å². The van der Waals surface area contributed by atoms with Gasteiger partial charge in [0.1, 0.15) is 23.0 Å². The summed E-state index contributed by atoms with van der Waals surface area (Å²) >= 11 is 11.7. The summed E-state index contributed by atoms with van der Waals surface area (Å²) in [5.41, 5.74) is -1.05. The molecule has 0 saturated carbocycles. The van der Waals surface area contributed by atoms with Crippen molar-refractivity contribution in [2.45, 2.75) is 6.18 Å². The molecule has 3 nitrogen and oxygen atoms in total. The van der Waals surface area contributed by atoms with Crippen LogP contribution in [-0.4, -0.2) is 11.3 Å². The molecule has 0 unspecified atom stereocenters. The van der Waals surface area contributed by atoms with Gasteiger partial charge in [-0.3, -0.25) is 4.99 Å². The Bertz CT molecular complexity index is 1080. The van der Waals surface area contributed by atoms with Crippen LogP contribution in [0.5, 0.6) is 17.2 Å². The number of hydrogen-bond donors (Lipinski definition) is 1. The molecule has 0 aromatic heterocycles. The second-order valence-corrected chi connectivity index (χ2v) is 6.67. The predicted octanol–water partition coefficient (Wildman–Crippen LogP) is 7.40. The molecule has 0 fully saturated rings. The fraction of sp³-hybridized carbons (Fsp3) is 0.0500. The predicted molar refractivity (Wildman–Crippen MR) is 103 cm³/mol. The zero-order valence-corrected chi connectivity index (χ0v) is 15.9. The van der Waals surface area contributed by atoms with E-state index in [1.807, 2.05) is 0 Å². The summed E-state index contributed by atoms with van der Waals surface area (Å²) in [5, 5.41) is 10.1. The van der Waals surface area contributed by atoms with Crippen molar-refractivity contribution in [1.82, 2.24) is 0 Å². The van der Waals surface area contributed by atoms with Gasteiger partial charge in [0.15, 0.2) is 5.75 Å². The Labute approximate surface area is 172 Å². The van der Waals surface area contributed by atoms with Crippen molar-refractivity contribution >= 4 is 35.1 Å². The van der Waals surface area contributed by atoms with Crippen molar-refractivity contribution in [3.63, 3.8) is 0 Å². The molecule has 0 spiro atoms. The van der Waals surface area contributed by atoms with Crippen LogP contribution in [-0.2, 0) is 6.18 Å². The lowest BCUT2D eigenvalue weighted by Crippen LogP contribution is -2.04. The molecular formula is C20H11Cl2F4NO2. The molecule has 29 heavy (non-hydrogen) atoms. The van der Waals surface area contributed by atoms with Crippen LogP contribution in [0, 0.1) is 5.82 Å². The number of rotatable bonds is 4. The minimum absolute atomic E-state index is 0.0424. The quantitative estimate of drug-likeness (QED) is 0.337. The lowest BCUT2D eigenvalue weighted by atomic mass is 10.1. The van der Waals surface area contributed by atoms with Gasteiger partial charge in [0, 0.05) is 22.9 Å². The van der Waals surface area contributed by atoms with Crippen molar-refractivity contribution in [3.8, 4) is 17.2 Å². The van der Waals surface area contributed by atoms with Crippen LogP contribution in [0.15, 0.2) is 59.6 Å². The summed E-state index contributed by atoms with van der Waals surface area (Å²) in [6.07, 6.45) is -3.51. The van der Waals surface area contributed by atoms with Gasteiger partial charge in [-0.05, 0) is 42.5 Å². The van der Waals surface area contributed by atoms with E-state index in [9.17, 15) is 22.7 Å². The van der Waals surface area contributed by atoms with Gasteiger partial charge < -0.3 is 9.84 Å². The summed E-state index contributed by atoms with van der Waals surface area (Å²) in [4.78, 5) is 3.99. The molecular weight excluding hydrogens is 433 g/mol. The van der Waals surface area contributed by atoms with E-state index in [-0.39, 0.29) is 38.5 Å². The van der Waals surface area contributed by atoms with Gasteiger partial charge in [-0.1, -0.05) is 29.3 Å². The maximum atomic E-state index is 13.4. The van der Waals surface area contributed by atoms with Crippen molar-refractivity contribution in [3.05, 3.63) is 81.6 Å². The minimum Gasteiger partial charge on any atom is -0.506 e. The molecule has 150 valence electrons. The highest BCUT2D eigenvalue weighted by molar-refractivity contribution is 6.36. The zero-order chi connectivity index (χ0) is 21.2. The Balaban J connectivity index is 2.04. The van der Waals surface area contributed by atoms with Crippen LogP contribution in [0.4, 0.5) is 23.2 Å². The first-order valence-electron chi connectivity index (χ1n) is 8.00. The average Bonchev–Trinajstić information content (AvgIpc) is 2.63. The number of aromatic hydroxyl groups is 1. The standard InChI is InChI=1S/C20H11Cl2F4NO2/c21-13-6-11(19(28)16(22)8-13)10-27-17-7-12(20(24,25)26)4-5-18(17)29-15-3-1-2-14(23)9-15/h1-10,28H. The molecule has 0 aliphatic carbocycles. The lowest BCUT2D eigenvalue weighted by Gasteiger charge is -2.12. The van der Waals surface area contributed by atoms with E-state index in [4.69, 9.17) is 27.9 Å². The molecule has 9 heteroatoms. The van der Waals surface area contributed by atoms with Crippen LogP contribution >= 0.6 is 23.2 Å². The minimum atomic E-state index is -4.61. The van der Waals surface area contributed by atoms with Gasteiger partial charge >= 0.3 is 6.18 Å². The summed E-state index contributed by atoms with van der Waals surface area (Å²) in [5.74, 6) is -0.875. The van der Waals surface area contributed by atoms with E-state index < -0.39 is 17.6 Å². The molecule has 1 N–H and O–H groups in total. The monoisotopic (exact) mass is 443 g/mol. The second kappa shape index (κ2) is 8.31. The normalized spacial score (nSPS) is 11.8. The maximum Gasteiger partial charge on any atom is 0.416 e. The molecule has 0 amide bonds. The Morgan fingerprint density at radius 2 is 1.76 bits per heavy atom. The third kappa shape index (κ3) is 5.19. The Morgan fingerprint density at radius 3 is 2.45 bits per heavy atom. The van der Waals surface area contributed by atoms with Gasteiger partial charge in [-0.2, -0.15) is 13.2 Å². The van der Waals surface area contributed by atoms with Gasteiger partial charge in [-0.15, -0.1) is 0 Å². The number of hydrogen-bond acceptors (Lipinski definition) is 3. The highest BCUT2D eigenvalue weighted by Crippen LogP contribution is 2.39. The maximum absolute atomic E-state index is 13.4. The summed E-state index contributed by atoms with van der Waals surface area (Å²) in [6, 6.07) is 10.4. The fourth-order valence-corrected chi connectivity index (χ4v) is 2.87. The second-order valence-electron chi connectivity index (χ2n) is 5.82. The number of ether oxygens (including phenoxy) is 1. The molecule has 3 aromatic rings. The Hall–Kier alpha value is -2.77. The van der Waals surface area contributed by atoms with Crippen LogP contribution in [0.3, 0.4) is 0 Å². The highest BCUT2D eigenvalue weighted by atomic mass is 35.5. The first-order chi connectivity index (χ1) is 13.6. The van der Waals surface area contributed by atoms with E-state index in [0.29, 0.717) is 0 Å². The molecule has 0 aliphatic rings. The smallest absolute Gasteiger partial charge is 0.416 e. The van der Waals surface area contributed by atoms with E-state index in [1.165, 1.54) is 30.3 Å². The number of halogens is 6. The summed E-state index contributed by atoms with van der Waals surface area (Å²) in [7, 11) is 0. The van der Waals surface area contributed by atoms with Crippen molar-refractivity contribution in [2.24, 2.45) is 4.99 Å². The molecule has 0 saturated heterocycles. The molecule has 0 heterocycles. The molecule has 3 aromatic carbocycles. The van der Waals surface area contributed by atoms with Crippen molar-refractivity contribution in [1.29, 1.82) is 0 Å². The molecule has 0 radical (unpaired) electrons. The van der Waals surface area contributed by atoms with Crippen LogP contribution in [0.25, 0.3) is 0 Å². The van der Waals surface area contributed by atoms with Crippen LogP contribution < -0.4 is 4.74 Å². The van der Waals surface area contributed by atoms with Gasteiger partial charge in [0.2, 0.25) is 0 Å². The Kier molecular flexibility index (Phi) is 6.00. The lowest BCUT2D eigenvalue weighted by molar-refractivity contribution is -0.137. The topological polar surface area (TPSA) is 41.8 Å². The first-order valence-corrected chi connectivity index (χ1v) is 8.76. The molecule has 0 bridgehead atoms. The fourth-order valence-electron chi connectivity index (χ4n) is 2.36. The molecule has 3 rings (SSSR count). The average molecular weight is 444 g/mol. The molecule has 0 aliphatic heterocycles.